The number of hydrogen-bond donors (Lipinski definition) is 2. The van der Waals surface area contributed by atoms with Crippen LogP contribution in [0.2, 0.25) is 5.02 Å². The van der Waals surface area contributed by atoms with Crippen LogP contribution in [0.3, 0.4) is 0 Å². The second-order valence-electron chi connectivity index (χ2n) is 3.19. The molecule has 1 heterocycles. The molecule has 0 aromatic carbocycles. The fraction of sp³-hybridized carbons (Fsp3) is 0.444. The molecule has 1 amide bonds. The Bertz CT molecular complexity index is 432. The summed E-state index contributed by atoms with van der Waals surface area (Å²) < 4.78 is 0. The van der Waals surface area contributed by atoms with Crippen molar-refractivity contribution in [1.82, 2.24) is 15.1 Å². The van der Waals surface area contributed by atoms with Crippen molar-refractivity contribution in [2.75, 3.05) is 25.5 Å². The summed E-state index contributed by atoms with van der Waals surface area (Å²) in [6.45, 7) is 2.58. The number of halogens is 1. The molecule has 0 aliphatic carbocycles. The molecule has 0 spiro atoms. The highest BCUT2D eigenvalue weighted by Gasteiger charge is 2.09. The van der Waals surface area contributed by atoms with Crippen molar-refractivity contribution in [2.45, 2.75) is 6.92 Å². The van der Waals surface area contributed by atoms with Crippen LogP contribution in [0.5, 0.6) is 0 Å². The van der Waals surface area contributed by atoms with E-state index < -0.39 is 5.56 Å². The summed E-state index contributed by atoms with van der Waals surface area (Å²) in [4.78, 5) is 24.1. The van der Waals surface area contributed by atoms with Gasteiger partial charge in [0.15, 0.2) is 0 Å². The normalized spacial score (nSPS) is 9.94. The largest absolute Gasteiger partial charge is 0.373 e. The Morgan fingerprint density at radius 2 is 2.38 bits per heavy atom. The van der Waals surface area contributed by atoms with Gasteiger partial charge in [-0.25, -0.2) is 5.10 Å². The number of nitrogens with zero attached hydrogens (tertiary/aromatic N) is 2. The topological polar surface area (TPSA) is 78.1 Å². The molecule has 1 rings (SSSR count). The summed E-state index contributed by atoms with van der Waals surface area (Å²) in [7, 11) is 1.70. The first-order chi connectivity index (χ1) is 7.56. The maximum atomic E-state index is 11.5. The molecular weight excluding hydrogens is 232 g/mol. The van der Waals surface area contributed by atoms with Gasteiger partial charge in [-0.3, -0.25) is 9.59 Å². The molecule has 2 N–H and O–H groups in total. The van der Waals surface area contributed by atoms with Crippen LogP contribution in [0, 0.1) is 0 Å². The van der Waals surface area contributed by atoms with Gasteiger partial charge in [0, 0.05) is 13.6 Å². The Labute approximate surface area is 97.6 Å². The number of amides is 1. The van der Waals surface area contributed by atoms with Crippen molar-refractivity contribution in [3.63, 3.8) is 0 Å². The Kier molecular flexibility index (Phi) is 4.30. The van der Waals surface area contributed by atoms with E-state index >= 15 is 0 Å². The first-order valence-corrected chi connectivity index (χ1v) is 5.15. The first-order valence-electron chi connectivity index (χ1n) is 4.77. The minimum atomic E-state index is -0.483. The van der Waals surface area contributed by atoms with Crippen LogP contribution in [0.4, 0.5) is 5.69 Å². The summed E-state index contributed by atoms with van der Waals surface area (Å²) in [5, 5.41) is 8.53. The van der Waals surface area contributed by atoms with Crippen molar-refractivity contribution < 1.29 is 4.79 Å². The number of carbonyl (C=O) groups is 1. The summed E-state index contributed by atoms with van der Waals surface area (Å²) in [6.07, 6.45) is 1.36. The zero-order valence-corrected chi connectivity index (χ0v) is 9.84. The molecule has 1 aromatic heterocycles. The van der Waals surface area contributed by atoms with Crippen molar-refractivity contribution in [3.05, 3.63) is 21.6 Å². The maximum Gasteiger partial charge on any atom is 0.285 e. The highest BCUT2D eigenvalue weighted by atomic mass is 35.5. The Morgan fingerprint density at radius 1 is 1.69 bits per heavy atom. The van der Waals surface area contributed by atoms with Crippen LogP contribution in [0.25, 0.3) is 0 Å². The van der Waals surface area contributed by atoms with E-state index in [9.17, 15) is 9.59 Å². The number of anilines is 1. The van der Waals surface area contributed by atoms with Gasteiger partial charge < -0.3 is 10.2 Å². The van der Waals surface area contributed by atoms with Gasteiger partial charge in [-0.05, 0) is 6.92 Å². The van der Waals surface area contributed by atoms with Gasteiger partial charge in [-0.2, -0.15) is 5.10 Å². The Balaban J connectivity index is 2.65. The van der Waals surface area contributed by atoms with Crippen LogP contribution in [-0.2, 0) is 4.79 Å². The highest BCUT2D eigenvalue weighted by molar-refractivity contribution is 6.32. The van der Waals surface area contributed by atoms with E-state index in [0.29, 0.717) is 12.2 Å². The van der Waals surface area contributed by atoms with Gasteiger partial charge in [-0.1, -0.05) is 11.6 Å². The fourth-order valence-corrected chi connectivity index (χ4v) is 1.15. The zero-order valence-electron chi connectivity index (χ0n) is 9.08. The molecule has 0 fully saturated rings. The summed E-state index contributed by atoms with van der Waals surface area (Å²) in [5.74, 6) is -0.0844. The lowest BCUT2D eigenvalue weighted by Crippen LogP contribution is -2.32. The molecule has 0 aliphatic rings. The number of rotatable bonds is 4. The minimum absolute atomic E-state index is 0.00181. The second-order valence-corrected chi connectivity index (χ2v) is 3.57. The van der Waals surface area contributed by atoms with Crippen LogP contribution in [0.15, 0.2) is 11.0 Å². The van der Waals surface area contributed by atoms with Gasteiger partial charge in [-0.15, -0.1) is 0 Å². The molecule has 0 aliphatic heterocycles. The summed E-state index contributed by atoms with van der Waals surface area (Å²) in [6, 6.07) is 0. The smallest absolute Gasteiger partial charge is 0.285 e. The molecule has 88 valence electrons. The average Bonchev–Trinajstić information content (AvgIpc) is 2.29. The molecule has 1 aromatic rings. The lowest BCUT2D eigenvalue weighted by Gasteiger charge is -2.15. The first kappa shape index (κ1) is 12.5. The third kappa shape index (κ3) is 2.96. The quantitative estimate of drug-likeness (QED) is 0.799. The number of H-pyrrole nitrogens is 1. The van der Waals surface area contributed by atoms with E-state index in [1.54, 1.807) is 11.9 Å². The molecule has 0 radical (unpaired) electrons. The van der Waals surface area contributed by atoms with Gasteiger partial charge in [0.25, 0.3) is 5.56 Å². The third-order valence-corrected chi connectivity index (χ3v) is 2.50. The maximum absolute atomic E-state index is 11.5. The fourth-order valence-electron chi connectivity index (χ4n) is 0.989. The standard InChI is InChI=1S/C9H13ClN4O2/c1-3-14(2)7(15)5-11-6-4-12-13-9(16)8(6)10/h4H,3,5H2,1-2H3,(H2,11,13,16). The van der Waals surface area contributed by atoms with Gasteiger partial charge in [0.1, 0.15) is 5.02 Å². The predicted octanol–water partition coefficient (Wildman–Crippen LogP) is 0.314. The average molecular weight is 245 g/mol. The molecular formula is C9H13ClN4O2. The van der Waals surface area contributed by atoms with E-state index in [2.05, 4.69) is 15.5 Å². The van der Waals surface area contributed by atoms with E-state index in [1.807, 2.05) is 6.92 Å². The number of aromatic nitrogens is 2. The van der Waals surface area contributed by atoms with Crippen LogP contribution >= 0.6 is 11.6 Å². The monoisotopic (exact) mass is 244 g/mol. The van der Waals surface area contributed by atoms with Gasteiger partial charge in [0.05, 0.1) is 18.4 Å². The lowest BCUT2D eigenvalue weighted by molar-refractivity contribution is -0.127. The lowest BCUT2D eigenvalue weighted by atomic mass is 10.4. The number of carbonyl (C=O) groups excluding carboxylic acids is 1. The molecule has 16 heavy (non-hydrogen) atoms. The Morgan fingerprint density at radius 3 is 3.00 bits per heavy atom. The van der Waals surface area contributed by atoms with Crippen molar-refractivity contribution in [2.24, 2.45) is 0 Å². The molecule has 0 unspecified atom stereocenters. The van der Waals surface area contributed by atoms with E-state index in [4.69, 9.17) is 11.6 Å². The number of hydrogen-bond acceptors (Lipinski definition) is 4. The van der Waals surface area contributed by atoms with Crippen molar-refractivity contribution in [3.8, 4) is 0 Å². The second kappa shape index (κ2) is 5.50. The minimum Gasteiger partial charge on any atom is -0.373 e. The number of nitrogens with one attached hydrogen (secondary N) is 2. The van der Waals surface area contributed by atoms with Crippen molar-refractivity contribution >= 4 is 23.2 Å². The van der Waals surface area contributed by atoms with Gasteiger partial charge >= 0.3 is 0 Å². The van der Waals surface area contributed by atoms with Crippen LogP contribution < -0.4 is 10.9 Å². The SMILES string of the molecule is CCN(C)C(=O)CNc1cn[nH]c(=O)c1Cl. The number of likely N-dealkylation sites (N-methyl/N-ethyl adjacent to an activating group) is 1. The summed E-state index contributed by atoms with van der Waals surface area (Å²) in [5.41, 5.74) is -0.133. The zero-order chi connectivity index (χ0) is 12.1. The third-order valence-electron chi connectivity index (χ3n) is 2.13. The van der Waals surface area contributed by atoms with Crippen LogP contribution in [0.1, 0.15) is 6.92 Å². The van der Waals surface area contributed by atoms with E-state index in [-0.39, 0.29) is 17.5 Å². The van der Waals surface area contributed by atoms with E-state index in [0.717, 1.165) is 0 Å². The Hall–Kier alpha value is -1.56. The number of aromatic amines is 1. The van der Waals surface area contributed by atoms with Crippen molar-refractivity contribution in [1.29, 1.82) is 0 Å². The summed E-state index contributed by atoms with van der Waals surface area (Å²) >= 11 is 5.72. The molecule has 0 atom stereocenters. The molecule has 6 nitrogen and oxygen atoms in total. The molecule has 0 bridgehead atoms. The molecule has 0 saturated heterocycles. The molecule has 0 saturated carbocycles. The highest BCUT2D eigenvalue weighted by Crippen LogP contribution is 2.13. The van der Waals surface area contributed by atoms with E-state index in [1.165, 1.54) is 6.20 Å². The predicted molar refractivity (Wildman–Crippen MR) is 61.7 cm³/mol. The van der Waals surface area contributed by atoms with Crippen LogP contribution in [-0.4, -0.2) is 41.1 Å². The molecule has 7 heteroatoms. The van der Waals surface area contributed by atoms with Gasteiger partial charge in [0.2, 0.25) is 5.91 Å².